The number of carbonyl (C=O) groups is 4. The van der Waals surface area contributed by atoms with Crippen LogP contribution in [0.4, 0.5) is 5.69 Å². The second kappa shape index (κ2) is 12.2. The number of fused-ring (bicyclic) bond motifs is 1. The van der Waals surface area contributed by atoms with Crippen LogP contribution in [-0.2, 0) is 23.8 Å². The molecule has 1 fully saturated rings. The van der Waals surface area contributed by atoms with E-state index in [-0.39, 0.29) is 24.0 Å². The standard InChI is InChI=1S/C21H26IN3O7/c22-6-8-30-10-12-32-13-11-31-9-7-23-15-3-1-2-14-18(15)21(29)25(20(14)28)16-4-5-17(26)24-19(16)27/h1-3,16,23H,4-13H2,(H,24,26,27). The van der Waals surface area contributed by atoms with Gasteiger partial charge in [0.05, 0.1) is 50.8 Å². The summed E-state index contributed by atoms with van der Waals surface area (Å²) in [5, 5.41) is 5.31. The van der Waals surface area contributed by atoms with Gasteiger partial charge in [-0.3, -0.25) is 29.4 Å². The molecule has 1 saturated heterocycles. The highest BCUT2D eigenvalue weighted by Crippen LogP contribution is 2.32. The average molecular weight is 559 g/mol. The molecule has 0 aromatic heterocycles. The molecule has 0 aliphatic carbocycles. The van der Waals surface area contributed by atoms with E-state index < -0.39 is 29.7 Å². The first-order valence-electron chi connectivity index (χ1n) is 10.4. The fourth-order valence-electron chi connectivity index (χ4n) is 3.52. The molecule has 2 N–H and O–H groups in total. The number of alkyl halides is 1. The van der Waals surface area contributed by atoms with Gasteiger partial charge in [0.15, 0.2) is 0 Å². The van der Waals surface area contributed by atoms with Gasteiger partial charge in [-0.05, 0) is 18.6 Å². The van der Waals surface area contributed by atoms with Crippen molar-refractivity contribution in [2.75, 3.05) is 55.9 Å². The maximum absolute atomic E-state index is 13.0. The van der Waals surface area contributed by atoms with E-state index in [0.717, 1.165) is 9.33 Å². The first-order chi connectivity index (χ1) is 15.5. The highest BCUT2D eigenvalue weighted by atomic mass is 127. The Balaban J connectivity index is 1.47. The van der Waals surface area contributed by atoms with Gasteiger partial charge in [-0.25, -0.2) is 0 Å². The summed E-state index contributed by atoms with van der Waals surface area (Å²) in [6.07, 6.45) is 0.209. The number of halogens is 1. The second-order valence-corrected chi connectivity index (χ2v) is 8.21. The van der Waals surface area contributed by atoms with Crippen LogP contribution >= 0.6 is 22.6 Å². The summed E-state index contributed by atoms with van der Waals surface area (Å²) >= 11 is 2.25. The zero-order valence-corrected chi connectivity index (χ0v) is 19.7. The topological polar surface area (TPSA) is 123 Å². The fraction of sp³-hybridized carbons (Fsp3) is 0.524. The van der Waals surface area contributed by atoms with E-state index >= 15 is 0 Å². The van der Waals surface area contributed by atoms with Crippen molar-refractivity contribution in [2.24, 2.45) is 0 Å². The number of nitrogens with zero attached hydrogens (tertiary/aromatic N) is 1. The van der Waals surface area contributed by atoms with Crippen molar-refractivity contribution in [3.05, 3.63) is 29.3 Å². The summed E-state index contributed by atoms with van der Waals surface area (Å²) in [4.78, 5) is 50.3. The molecular weight excluding hydrogens is 533 g/mol. The number of ether oxygens (including phenoxy) is 3. The lowest BCUT2D eigenvalue weighted by molar-refractivity contribution is -0.136. The number of anilines is 1. The monoisotopic (exact) mass is 559 g/mol. The Bertz CT molecular complexity index is 864. The predicted octanol–water partition coefficient (Wildman–Crippen LogP) is 0.985. The van der Waals surface area contributed by atoms with E-state index in [1.54, 1.807) is 18.2 Å². The first kappa shape index (κ1) is 24.6. The minimum atomic E-state index is -0.983. The van der Waals surface area contributed by atoms with Crippen molar-refractivity contribution in [3.8, 4) is 0 Å². The molecule has 0 spiro atoms. The molecule has 174 valence electrons. The number of amides is 4. The lowest BCUT2D eigenvalue weighted by atomic mass is 10.0. The molecule has 2 heterocycles. The highest BCUT2D eigenvalue weighted by molar-refractivity contribution is 14.1. The van der Waals surface area contributed by atoms with E-state index in [0.29, 0.717) is 51.9 Å². The molecule has 32 heavy (non-hydrogen) atoms. The molecule has 10 nitrogen and oxygen atoms in total. The Morgan fingerprint density at radius 3 is 2.34 bits per heavy atom. The Morgan fingerprint density at radius 2 is 1.66 bits per heavy atom. The van der Waals surface area contributed by atoms with E-state index in [1.165, 1.54) is 0 Å². The predicted molar refractivity (Wildman–Crippen MR) is 123 cm³/mol. The molecule has 1 aromatic rings. The molecule has 0 radical (unpaired) electrons. The van der Waals surface area contributed by atoms with Gasteiger partial charge in [0.25, 0.3) is 11.8 Å². The quantitative estimate of drug-likeness (QED) is 0.159. The van der Waals surface area contributed by atoms with Gasteiger partial charge in [0, 0.05) is 23.1 Å². The maximum Gasteiger partial charge on any atom is 0.264 e. The van der Waals surface area contributed by atoms with Crippen LogP contribution in [0.5, 0.6) is 0 Å². The normalized spacial score (nSPS) is 18.2. The van der Waals surface area contributed by atoms with Gasteiger partial charge in [-0.2, -0.15) is 0 Å². The summed E-state index contributed by atoms with van der Waals surface area (Å²) in [5.41, 5.74) is 0.976. The van der Waals surface area contributed by atoms with Crippen LogP contribution in [0.2, 0.25) is 0 Å². The van der Waals surface area contributed by atoms with Crippen molar-refractivity contribution in [3.63, 3.8) is 0 Å². The Labute approximate surface area is 199 Å². The minimum absolute atomic E-state index is 0.0848. The molecular formula is C21H26IN3O7. The number of nitrogens with one attached hydrogen (secondary N) is 2. The molecule has 0 saturated carbocycles. The maximum atomic E-state index is 13.0. The molecule has 1 aromatic carbocycles. The number of hydrogen-bond acceptors (Lipinski definition) is 8. The summed E-state index contributed by atoms with van der Waals surface area (Å²) in [5.74, 6) is -2.10. The number of hydrogen-bond donors (Lipinski definition) is 2. The molecule has 2 aliphatic heterocycles. The van der Waals surface area contributed by atoms with Crippen molar-refractivity contribution >= 4 is 51.9 Å². The van der Waals surface area contributed by atoms with E-state index in [9.17, 15) is 19.2 Å². The van der Waals surface area contributed by atoms with E-state index in [2.05, 4.69) is 33.2 Å². The zero-order chi connectivity index (χ0) is 22.9. The zero-order valence-electron chi connectivity index (χ0n) is 17.6. The molecule has 0 bridgehead atoms. The van der Waals surface area contributed by atoms with Crippen LogP contribution in [-0.4, -0.2) is 85.2 Å². The summed E-state index contributed by atoms with van der Waals surface area (Å²) in [6, 6.07) is 3.96. The lowest BCUT2D eigenvalue weighted by Crippen LogP contribution is -2.54. The van der Waals surface area contributed by atoms with Crippen LogP contribution in [0.15, 0.2) is 18.2 Å². The molecule has 11 heteroatoms. The molecule has 3 rings (SSSR count). The van der Waals surface area contributed by atoms with Crippen LogP contribution < -0.4 is 10.6 Å². The third-order valence-electron chi connectivity index (χ3n) is 5.00. The third kappa shape index (κ3) is 6.03. The lowest BCUT2D eigenvalue weighted by Gasteiger charge is -2.27. The second-order valence-electron chi connectivity index (χ2n) is 7.13. The Kier molecular flexibility index (Phi) is 9.38. The number of piperidine rings is 1. The van der Waals surface area contributed by atoms with E-state index in [1.807, 2.05) is 0 Å². The van der Waals surface area contributed by atoms with Crippen molar-refractivity contribution in [1.82, 2.24) is 10.2 Å². The summed E-state index contributed by atoms with van der Waals surface area (Å²) < 4.78 is 17.2. The largest absolute Gasteiger partial charge is 0.382 e. The third-order valence-corrected chi connectivity index (χ3v) is 5.44. The van der Waals surface area contributed by atoms with Gasteiger partial charge in [0.2, 0.25) is 11.8 Å². The van der Waals surface area contributed by atoms with Gasteiger partial charge in [0.1, 0.15) is 6.04 Å². The van der Waals surface area contributed by atoms with Gasteiger partial charge in [-0.1, -0.05) is 28.7 Å². The van der Waals surface area contributed by atoms with Crippen molar-refractivity contribution in [2.45, 2.75) is 18.9 Å². The van der Waals surface area contributed by atoms with Crippen molar-refractivity contribution in [1.29, 1.82) is 0 Å². The number of rotatable bonds is 13. The van der Waals surface area contributed by atoms with Crippen molar-refractivity contribution < 1.29 is 33.4 Å². The minimum Gasteiger partial charge on any atom is -0.382 e. The molecule has 4 amide bonds. The smallest absolute Gasteiger partial charge is 0.264 e. The highest BCUT2D eigenvalue weighted by Gasteiger charge is 2.45. The Hall–Kier alpha value is -2.09. The Morgan fingerprint density at radius 1 is 0.969 bits per heavy atom. The first-order valence-corrected chi connectivity index (χ1v) is 11.9. The van der Waals surface area contributed by atoms with Crippen LogP contribution in [0.3, 0.4) is 0 Å². The van der Waals surface area contributed by atoms with Gasteiger partial charge in [-0.15, -0.1) is 0 Å². The van der Waals surface area contributed by atoms with E-state index in [4.69, 9.17) is 14.2 Å². The summed E-state index contributed by atoms with van der Waals surface area (Å²) in [7, 11) is 0. The van der Waals surface area contributed by atoms with Crippen LogP contribution in [0.1, 0.15) is 33.6 Å². The number of imide groups is 2. The molecule has 1 atom stereocenters. The van der Waals surface area contributed by atoms with Crippen LogP contribution in [0, 0.1) is 0 Å². The SMILES string of the molecule is O=C1CCC(N2C(=O)c3cccc(NCCOCCOCCOCCI)c3C2=O)C(=O)N1. The van der Waals surface area contributed by atoms with Gasteiger partial charge >= 0.3 is 0 Å². The summed E-state index contributed by atoms with van der Waals surface area (Å²) in [6.45, 7) is 3.51. The van der Waals surface area contributed by atoms with Gasteiger partial charge < -0.3 is 19.5 Å². The molecule has 2 aliphatic rings. The van der Waals surface area contributed by atoms with Crippen LogP contribution in [0.25, 0.3) is 0 Å². The number of benzene rings is 1. The average Bonchev–Trinajstić information content (AvgIpc) is 3.03. The fourth-order valence-corrected chi connectivity index (χ4v) is 3.83. The number of carbonyl (C=O) groups excluding carboxylic acids is 4. The molecule has 1 unspecified atom stereocenters.